The molecule has 36 heavy (non-hydrogen) atoms. The highest BCUT2D eigenvalue weighted by Gasteiger charge is 2.31. The van der Waals surface area contributed by atoms with Gasteiger partial charge in [-0.15, -0.1) is 0 Å². The molecule has 5 heterocycles. The number of alkyl halides is 3. The predicted octanol–water partition coefficient (Wildman–Crippen LogP) is 4.14. The Balaban J connectivity index is 1.42. The van der Waals surface area contributed by atoms with E-state index in [0.29, 0.717) is 18.7 Å². The van der Waals surface area contributed by atoms with Gasteiger partial charge in [-0.2, -0.15) is 18.4 Å². The Morgan fingerprint density at radius 3 is 2.75 bits per heavy atom. The molecule has 184 valence electrons. The van der Waals surface area contributed by atoms with E-state index in [1.165, 1.54) is 12.4 Å². The van der Waals surface area contributed by atoms with Gasteiger partial charge in [0.25, 0.3) is 0 Å². The van der Waals surface area contributed by atoms with Crippen molar-refractivity contribution in [1.29, 1.82) is 5.26 Å². The van der Waals surface area contributed by atoms with Crippen molar-refractivity contribution in [3.8, 4) is 17.3 Å². The summed E-state index contributed by atoms with van der Waals surface area (Å²) in [4.78, 5) is 19.9. The highest BCUT2D eigenvalue weighted by Crippen LogP contribution is 2.35. The van der Waals surface area contributed by atoms with Crippen LogP contribution in [-0.4, -0.2) is 44.6 Å². The van der Waals surface area contributed by atoms with Gasteiger partial charge < -0.3 is 20.4 Å². The largest absolute Gasteiger partial charge is 0.417 e. The normalized spacial score (nSPS) is 17.0. The molecule has 0 spiro atoms. The average Bonchev–Trinajstić information content (AvgIpc) is 3.32. The van der Waals surface area contributed by atoms with E-state index in [1.54, 1.807) is 6.20 Å². The zero-order valence-electron chi connectivity index (χ0n) is 19.1. The molecular formula is C24H21F3N8O. The molecule has 0 radical (unpaired) electrons. The highest BCUT2D eigenvalue weighted by molar-refractivity contribution is 5.94. The zero-order chi connectivity index (χ0) is 25.3. The number of rotatable bonds is 5. The van der Waals surface area contributed by atoms with E-state index in [0.717, 1.165) is 30.1 Å². The van der Waals surface area contributed by atoms with Crippen LogP contribution in [-0.2, 0) is 10.9 Å². The summed E-state index contributed by atoms with van der Waals surface area (Å²) in [5.74, 6) is 0.217. The molecule has 5 rings (SSSR count). The van der Waals surface area contributed by atoms with Crippen molar-refractivity contribution < 1.29 is 17.9 Å². The van der Waals surface area contributed by atoms with Crippen molar-refractivity contribution >= 4 is 17.0 Å². The summed E-state index contributed by atoms with van der Waals surface area (Å²) < 4.78 is 45.5. The Morgan fingerprint density at radius 2 is 2.06 bits per heavy atom. The maximum Gasteiger partial charge on any atom is 0.417 e. The lowest BCUT2D eigenvalue weighted by Gasteiger charge is -2.23. The van der Waals surface area contributed by atoms with E-state index >= 15 is 0 Å². The van der Waals surface area contributed by atoms with Crippen molar-refractivity contribution in [2.45, 2.75) is 25.2 Å². The number of ether oxygens (including phenoxy) is 1. The number of hydrogen-bond acceptors (Lipinski definition) is 8. The number of nitrogens with zero attached hydrogens (tertiary/aromatic N) is 5. The summed E-state index contributed by atoms with van der Waals surface area (Å²) >= 11 is 0. The number of nitriles is 1. The number of aromatic nitrogens is 5. The molecule has 1 fully saturated rings. The van der Waals surface area contributed by atoms with E-state index in [2.05, 4.69) is 35.6 Å². The van der Waals surface area contributed by atoms with Gasteiger partial charge in [-0.1, -0.05) is 6.07 Å². The standard InChI is InChI=1S/C24H21F3N8O/c1-13(14-2-3-19(30-8-14)20-12-29-4-5-36-20)34-23-33-9-15(7-28)21(35-23)18-11-32-22-17(18)6-16(10-31-22)24(25,26)27/h2-3,6,8-11,13,20,29H,4-5,12H2,1H3,(H,31,32)(H,33,34,35). The molecule has 2 unspecified atom stereocenters. The third-order valence-corrected chi connectivity index (χ3v) is 5.94. The third-order valence-electron chi connectivity index (χ3n) is 5.94. The van der Waals surface area contributed by atoms with Gasteiger partial charge in [-0.25, -0.2) is 15.0 Å². The second kappa shape index (κ2) is 9.52. The molecule has 3 N–H and O–H groups in total. The van der Waals surface area contributed by atoms with Gasteiger partial charge in [-0.05, 0) is 24.6 Å². The van der Waals surface area contributed by atoms with E-state index in [-0.39, 0.29) is 40.4 Å². The SMILES string of the molecule is CC(Nc1ncc(C#N)c(-c2c[nH]c3ncc(C(F)(F)F)cc23)n1)c1ccc(C2CNCCO2)nc1. The van der Waals surface area contributed by atoms with Gasteiger partial charge in [0.2, 0.25) is 5.95 Å². The van der Waals surface area contributed by atoms with Gasteiger partial charge in [-0.3, -0.25) is 4.98 Å². The minimum atomic E-state index is -4.55. The number of hydrogen-bond donors (Lipinski definition) is 3. The van der Waals surface area contributed by atoms with Gasteiger partial charge in [0.1, 0.15) is 17.8 Å². The Hall–Kier alpha value is -4.08. The number of nitrogens with one attached hydrogen (secondary N) is 3. The van der Waals surface area contributed by atoms with Crippen LogP contribution in [0.2, 0.25) is 0 Å². The first kappa shape index (κ1) is 23.7. The molecule has 0 saturated carbocycles. The molecule has 12 heteroatoms. The molecule has 0 bridgehead atoms. The van der Waals surface area contributed by atoms with Gasteiger partial charge in [0.15, 0.2) is 0 Å². The lowest BCUT2D eigenvalue weighted by Crippen LogP contribution is -2.33. The molecule has 0 aliphatic carbocycles. The zero-order valence-corrected chi connectivity index (χ0v) is 19.1. The van der Waals surface area contributed by atoms with E-state index < -0.39 is 11.7 Å². The first-order valence-corrected chi connectivity index (χ1v) is 11.2. The van der Waals surface area contributed by atoms with E-state index in [4.69, 9.17) is 4.74 Å². The Morgan fingerprint density at radius 1 is 1.19 bits per heavy atom. The number of morpholine rings is 1. The summed E-state index contributed by atoms with van der Waals surface area (Å²) in [5.41, 5.74) is 1.73. The predicted molar refractivity (Wildman–Crippen MR) is 125 cm³/mol. The highest BCUT2D eigenvalue weighted by atomic mass is 19.4. The molecule has 1 aliphatic rings. The summed E-state index contributed by atoms with van der Waals surface area (Å²) in [7, 11) is 0. The molecule has 9 nitrogen and oxygen atoms in total. The van der Waals surface area contributed by atoms with E-state index in [1.807, 2.05) is 25.1 Å². The number of anilines is 1. The fourth-order valence-corrected chi connectivity index (χ4v) is 3.99. The Labute approximate surface area is 203 Å². The fourth-order valence-electron chi connectivity index (χ4n) is 3.99. The van der Waals surface area contributed by atoms with Crippen molar-refractivity contribution in [3.63, 3.8) is 0 Å². The minimum absolute atomic E-state index is 0.0935. The summed E-state index contributed by atoms with van der Waals surface area (Å²) in [6.07, 6.45) is 0.692. The first-order chi connectivity index (χ1) is 17.3. The van der Waals surface area contributed by atoms with Crippen molar-refractivity contribution in [2.75, 3.05) is 25.0 Å². The van der Waals surface area contributed by atoms with Crippen LogP contribution in [0.15, 0.2) is 43.0 Å². The molecule has 4 aromatic heterocycles. The van der Waals surface area contributed by atoms with Crippen LogP contribution in [0.25, 0.3) is 22.3 Å². The van der Waals surface area contributed by atoms with Gasteiger partial charge >= 0.3 is 6.18 Å². The average molecular weight is 494 g/mol. The number of fused-ring (bicyclic) bond motifs is 1. The van der Waals surface area contributed by atoms with Gasteiger partial charge in [0.05, 0.1) is 41.4 Å². The number of aromatic amines is 1. The minimum Gasteiger partial charge on any atom is -0.369 e. The van der Waals surface area contributed by atoms with Crippen LogP contribution in [0.5, 0.6) is 0 Å². The summed E-state index contributed by atoms with van der Waals surface area (Å²) in [6, 6.07) is 6.61. The first-order valence-electron chi connectivity index (χ1n) is 11.2. The van der Waals surface area contributed by atoms with Gasteiger partial charge in [0, 0.05) is 42.6 Å². The van der Waals surface area contributed by atoms with Crippen LogP contribution in [0.1, 0.15) is 41.5 Å². The Kier molecular flexibility index (Phi) is 6.26. The molecular weight excluding hydrogens is 473 g/mol. The maximum absolute atomic E-state index is 13.2. The van der Waals surface area contributed by atoms with Crippen molar-refractivity contribution in [2.24, 2.45) is 0 Å². The number of pyridine rings is 2. The molecule has 0 aromatic carbocycles. The fraction of sp³-hybridized carbons (Fsp3) is 0.292. The number of halogens is 3. The van der Waals surface area contributed by atoms with Crippen molar-refractivity contribution in [1.82, 2.24) is 30.2 Å². The molecule has 1 saturated heterocycles. The molecule has 4 aromatic rings. The van der Waals surface area contributed by atoms with Crippen molar-refractivity contribution in [3.05, 3.63) is 65.4 Å². The smallest absolute Gasteiger partial charge is 0.369 e. The van der Waals surface area contributed by atoms with E-state index in [9.17, 15) is 18.4 Å². The molecule has 1 aliphatic heterocycles. The lowest BCUT2D eigenvalue weighted by molar-refractivity contribution is -0.137. The van der Waals surface area contributed by atoms with Crippen LogP contribution in [0.4, 0.5) is 19.1 Å². The van der Waals surface area contributed by atoms with Crippen LogP contribution >= 0.6 is 0 Å². The third kappa shape index (κ3) is 4.71. The van der Waals surface area contributed by atoms with Crippen LogP contribution in [0.3, 0.4) is 0 Å². The second-order valence-electron chi connectivity index (χ2n) is 8.33. The summed E-state index contributed by atoms with van der Waals surface area (Å²) in [6.45, 7) is 4.06. The number of H-pyrrole nitrogens is 1. The lowest BCUT2D eigenvalue weighted by atomic mass is 10.1. The molecule has 2 atom stereocenters. The summed E-state index contributed by atoms with van der Waals surface area (Å²) in [5, 5.41) is 16.2. The topological polar surface area (TPSA) is 124 Å². The monoisotopic (exact) mass is 494 g/mol. The van der Waals surface area contributed by atoms with Crippen LogP contribution in [0, 0.1) is 11.3 Å². The maximum atomic E-state index is 13.2. The second-order valence-corrected chi connectivity index (χ2v) is 8.33. The Bertz CT molecular complexity index is 1420. The molecule has 0 amide bonds. The quantitative estimate of drug-likeness (QED) is 0.378. The van der Waals surface area contributed by atoms with Crippen LogP contribution < -0.4 is 10.6 Å².